The van der Waals surface area contributed by atoms with Gasteiger partial charge >= 0.3 is 0 Å². The van der Waals surface area contributed by atoms with Crippen molar-refractivity contribution in [1.29, 1.82) is 0 Å². The number of nitrogens with one attached hydrogen (secondary N) is 1. The lowest BCUT2D eigenvalue weighted by atomic mass is 10.1. The molecule has 0 saturated carbocycles. The standard InChI is InChI=1S/C18H17ClN2O2S/c1-11-3-5-13(6-4-11)10-20-17(22)12(2)24-18-21-15-8-7-14(19)9-16(15)23-18/h3-9,12H,10H2,1-2H3,(H,20,22)/t12-/m0/s1. The molecule has 0 bridgehead atoms. The highest BCUT2D eigenvalue weighted by molar-refractivity contribution is 8.00. The first-order valence-corrected chi connectivity index (χ1v) is 8.83. The van der Waals surface area contributed by atoms with Crippen LogP contribution in [0.3, 0.4) is 0 Å². The first-order valence-electron chi connectivity index (χ1n) is 7.57. The fourth-order valence-electron chi connectivity index (χ4n) is 2.17. The van der Waals surface area contributed by atoms with Gasteiger partial charge < -0.3 is 9.73 Å². The number of benzene rings is 2. The zero-order valence-electron chi connectivity index (χ0n) is 13.4. The van der Waals surface area contributed by atoms with Crippen molar-refractivity contribution in [2.75, 3.05) is 0 Å². The summed E-state index contributed by atoms with van der Waals surface area (Å²) < 4.78 is 5.63. The van der Waals surface area contributed by atoms with Crippen LogP contribution in [-0.2, 0) is 11.3 Å². The van der Waals surface area contributed by atoms with Gasteiger partial charge in [0.25, 0.3) is 5.22 Å². The van der Waals surface area contributed by atoms with Gasteiger partial charge in [0.15, 0.2) is 5.58 Å². The van der Waals surface area contributed by atoms with E-state index in [-0.39, 0.29) is 11.2 Å². The highest BCUT2D eigenvalue weighted by Gasteiger charge is 2.18. The second-order valence-corrected chi connectivity index (χ2v) is 7.28. The molecule has 3 rings (SSSR count). The molecule has 0 aliphatic rings. The maximum atomic E-state index is 12.2. The minimum atomic E-state index is -0.306. The number of amides is 1. The van der Waals surface area contributed by atoms with E-state index >= 15 is 0 Å². The number of carbonyl (C=O) groups is 1. The van der Waals surface area contributed by atoms with Gasteiger partial charge in [0, 0.05) is 17.6 Å². The number of nitrogens with zero attached hydrogens (tertiary/aromatic N) is 1. The Morgan fingerprint density at radius 2 is 2.04 bits per heavy atom. The molecule has 24 heavy (non-hydrogen) atoms. The van der Waals surface area contributed by atoms with Crippen molar-refractivity contribution in [3.8, 4) is 0 Å². The van der Waals surface area contributed by atoms with Crippen LogP contribution in [0.5, 0.6) is 0 Å². The number of hydrogen-bond donors (Lipinski definition) is 1. The van der Waals surface area contributed by atoms with Gasteiger partial charge in [0.05, 0.1) is 5.25 Å². The van der Waals surface area contributed by atoms with Gasteiger partial charge in [-0.05, 0) is 31.5 Å². The molecule has 0 aliphatic heterocycles. The molecule has 3 aromatic rings. The minimum Gasteiger partial charge on any atom is -0.431 e. The summed E-state index contributed by atoms with van der Waals surface area (Å²) in [5.41, 5.74) is 3.62. The van der Waals surface area contributed by atoms with Crippen molar-refractivity contribution in [2.24, 2.45) is 0 Å². The predicted molar refractivity (Wildman–Crippen MR) is 97.4 cm³/mol. The number of fused-ring (bicyclic) bond motifs is 1. The molecule has 6 heteroatoms. The zero-order valence-corrected chi connectivity index (χ0v) is 14.9. The predicted octanol–water partition coefficient (Wildman–Crippen LogP) is 4.59. The number of aryl methyl sites for hydroxylation is 1. The topological polar surface area (TPSA) is 55.1 Å². The maximum Gasteiger partial charge on any atom is 0.257 e. The Bertz CT molecular complexity index is 861. The highest BCUT2D eigenvalue weighted by Crippen LogP contribution is 2.28. The molecular weight excluding hydrogens is 344 g/mol. The summed E-state index contributed by atoms with van der Waals surface area (Å²) >= 11 is 7.22. The molecule has 0 unspecified atom stereocenters. The second-order valence-electron chi connectivity index (χ2n) is 5.56. The Labute approximate surface area is 149 Å². The van der Waals surface area contributed by atoms with Crippen molar-refractivity contribution >= 4 is 40.4 Å². The van der Waals surface area contributed by atoms with Crippen molar-refractivity contribution in [1.82, 2.24) is 10.3 Å². The summed E-state index contributed by atoms with van der Waals surface area (Å²) in [6.07, 6.45) is 0. The summed E-state index contributed by atoms with van der Waals surface area (Å²) in [6, 6.07) is 13.4. The van der Waals surface area contributed by atoms with E-state index in [9.17, 15) is 4.79 Å². The van der Waals surface area contributed by atoms with Crippen LogP contribution in [0.4, 0.5) is 0 Å². The average Bonchev–Trinajstić information content (AvgIpc) is 2.95. The Morgan fingerprint density at radius 3 is 2.79 bits per heavy atom. The SMILES string of the molecule is Cc1ccc(CNC(=O)[C@H](C)Sc2nc3ccc(Cl)cc3o2)cc1. The van der Waals surface area contributed by atoms with E-state index in [1.807, 2.05) is 38.1 Å². The minimum absolute atomic E-state index is 0.0548. The van der Waals surface area contributed by atoms with Crippen LogP contribution in [0.25, 0.3) is 11.1 Å². The fraction of sp³-hybridized carbons (Fsp3) is 0.222. The molecule has 2 aromatic carbocycles. The van der Waals surface area contributed by atoms with E-state index in [0.29, 0.717) is 22.4 Å². The molecule has 0 fully saturated rings. The molecule has 0 spiro atoms. The van der Waals surface area contributed by atoms with Crippen LogP contribution < -0.4 is 5.32 Å². The van der Waals surface area contributed by atoms with Crippen LogP contribution >= 0.6 is 23.4 Å². The second kappa shape index (κ2) is 7.28. The van der Waals surface area contributed by atoms with Crippen LogP contribution in [0.2, 0.25) is 5.02 Å². The number of aromatic nitrogens is 1. The van der Waals surface area contributed by atoms with Gasteiger partial charge in [0.1, 0.15) is 5.52 Å². The molecule has 124 valence electrons. The molecule has 0 aliphatic carbocycles. The largest absolute Gasteiger partial charge is 0.431 e. The maximum absolute atomic E-state index is 12.2. The Balaban J connectivity index is 1.59. The first kappa shape index (κ1) is 16.9. The molecule has 0 saturated heterocycles. The molecule has 1 atom stereocenters. The van der Waals surface area contributed by atoms with Crippen LogP contribution in [-0.4, -0.2) is 16.1 Å². The van der Waals surface area contributed by atoms with Gasteiger partial charge in [-0.25, -0.2) is 4.98 Å². The van der Waals surface area contributed by atoms with Gasteiger partial charge in [-0.15, -0.1) is 0 Å². The number of carbonyl (C=O) groups excluding carboxylic acids is 1. The summed E-state index contributed by atoms with van der Waals surface area (Å²) in [5, 5.41) is 3.68. The smallest absolute Gasteiger partial charge is 0.257 e. The first-order chi connectivity index (χ1) is 11.5. The van der Waals surface area contributed by atoms with Gasteiger partial charge in [-0.2, -0.15) is 0 Å². The lowest BCUT2D eigenvalue weighted by Crippen LogP contribution is -2.30. The third-order valence-corrected chi connectivity index (χ3v) is 4.74. The number of hydrogen-bond acceptors (Lipinski definition) is 4. The molecule has 0 radical (unpaired) electrons. The van der Waals surface area contributed by atoms with Gasteiger partial charge in [-0.1, -0.05) is 53.2 Å². The highest BCUT2D eigenvalue weighted by atomic mass is 35.5. The van der Waals surface area contributed by atoms with Crippen molar-refractivity contribution in [3.05, 3.63) is 58.6 Å². The molecule has 1 N–H and O–H groups in total. The van der Waals surface area contributed by atoms with E-state index in [1.165, 1.54) is 17.3 Å². The normalized spacial score (nSPS) is 12.3. The van der Waals surface area contributed by atoms with Gasteiger partial charge in [-0.3, -0.25) is 4.79 Å². The molecular formula is C18H17ClN2O2S. The molecule has 1 aromatic heterocycles. The summed E-state index contributed by atoms with van der Waals surface area (Å²) in [7, 11) is 0. The Kier molecular flexibility index (Phi) is 5.11. The quantitative estimate of drug-likeness (QED) is 0.676. The van der Waals surface area contributed by atoms with Crippen LogP contribution in [0.15, 0.2) is 52.1 Å². The van der Waals surface area contributed by atoms with Gasteiger partial charge in [0.2, 0.25) is 5.91 Å². The number of oxazole rings is 1. The molecule has 4 nitrogen and oxygen atoms in total. The third-order valence-electron chi connectivity index (χ3n) is 3.57. The van der Waals surface area contributed by atoms with Crippen LogP contribution in [0, 0.1) is 6.92 Å². The summed E-state index contributed by atoms with van der Waals surface area (Å²) in [5.74, 6) is -0.0548. The lowest BCUT2D eigenvalue weighted by molar-refractivity contribution is -0.120. The van der Waals surface area contributed by atoms with E-state index in [4.69, 9.17) is 16.0 Å². The monoisotopic (exact) mass is 360 g/mol. The van der Waals surface area contributed by atoms with E-state index in [0.717, 1.165) is 11.1 Å². The molecule has 1 heterocycles. The Morgan fingerprint density at radius 1 is 1.29 bits per heavy atom. The van der Waals surface area contributed by atoms with Crippen molar-refractivity contribution < 1.29 is 9.21 Å². The molecule has 1 amide bonds. The summed E-state index contributed by atoms with van der Waals surface area (Å²) in [4.78, 5) is 16.6. The Hall–Kier alpha value is -1.98. The number of halogens is 1. The van der Waals surface area contributed by atoms with E-state index in [2.05, 4.69) is 10.3 Å². The fourth-order valence-corrected chi connectivity index (χ4v) is 3.12. The van der Waals surface area contributed by atoms with E-state index < -0.39 is 0 Å². The van der Waals surface area contributed by atoms with Crippen molar-refractivity contribution in [3.63, 3.8) is 0 Å². The lowest BCUT2D eigenvalue weighted by Gasteiger charge is -2.10. The third kappa shape index (κ3) is 4.10. The summed E-state index contributed by atoms with van der Waals surface area (Å²) in [6.45, 7) is 4.37. The zero-order chi connectivity index (χ0) is 17.1. The van der Waals surface area contributed by atoms with Crippen molar-refractivity contribution in [2.45, 2.75) is 30.9 Å². The van der Waals surface area contributed by atoms with Crippen LogP contribution in [0.1, 0.15) is 18.1 Å². The van der Waals surface area contributed by atoms with E-state index in [1.54, 1.807) is 18.2 Å². The number of rotatable bonds is 5. The number of thioether (sulfide) groups is 1. The average molecular weight is 361 g/mol.